The fourth-order valence-corrected chi connectivity index (χ4v) is 4.21. The molecule has 1 aliphatic heterocycles. The number of ether oxygens (including phenoxy) is 2. The largest absolute Gasteiger partial charge is 0.490 e. The first kappa shape index (κ1) is 27.4. The van der Waals surface area contributed by atoms with Gasteiger partial charge in [-0.1, -0.05) is 5.21 Å². The van der Waals surface area contributed by atoms with E-state index in [4.69, 9.17) is 15.2 Å². The molecule has 0 spiro atoms. The lowest BCUT2D eigenvalue weighted by Crippen LogP contribution is -2.26. The van der Waals surface area contributed by atoms with Crippen molar-refractivity contribution in [2.45, 2.75) is 26.3 Å². The molecule has 0 radical (unpaired) electrons. The first-order valence-electron chi connectivity index (χ1n) is 12.8. The smallest absolute Gasteiger partial charge is 0.343 e. The molecule has 3 heterocycles. The molecule has 14 nitrogen and oxygen atoms in total. The molecular weight excluding hydrogens is 537 g/mol. The van der Waals surface area contributed by atoms with Crippen LogP contribution in [0.4, 0.5) is 10.2 Å². The van der Waals surface area contributed by atoms with Gasteiger partial charge in [0, 0.05) is 6.54 Å². The standard InChI is InChI=1S/C26H26FN9O5/c1-2-39-21-13-16(5-10-20(21)40-26(38)17-6-8-18(27)9-7-17)14-29-31-25(37)22-19(15-35-11-3-4-12-35)30-34-36(22)24-23(28)32-41-33-24/h5-10,13-14H,2-4,11-12,15H2,1H3,(H2,28,32)(H,31,37)/b29-14+. The number of halogens is 1. The third-order valence-electron chi connectivity index (χ3n) is 6.15. The van der Waals surface area contributed by atoms with E-state index in [0.717, 1.165) is 25.9 Å². The monoisotopic (exact) mass is 563 g/mol. The van der Waals surface area contributed by atoms with E-state index in [-0.39, 0.29) is 34.4 Å². The molecule has 3 N–H and O–H groups in total. The molecule has 0 unspecified atom stereocenters. The van der Waals surface area contributed by atoms with Crippen LogP contribution in [0.25, 0.3) is 5.82 Å². The summed E-state index contributed by atoms with van der Waals surface area (Å²) in [4.78, 5) is 27.9. The predicted octanol–water partition coefficient (Wildman–Crippen LogP) is 2.35. The molecule has 0 saturated carbocycles. The second kappa shape index (κ2) is 12.3. The summed E-state index contributed by atoms with van der Waals surface area (Å²) in [6.45, 7) is 4.26. The molecule has 1 aliphatic rings. The lowest BCUT2D eigenvalue weighted by Gasteiger charge is -2.13. The molecule has 5 rings (SSSR count). The summed E-state index contributed by atoms with van der Waals surface area (Å²) in [5.41, 5.74) is 9.55. The first-order chi connectivity index (χ1) is 19.9. The Morgan fingerprint density at radius 3 is 2.63 bits per heavy atom. The minimum Gasteiger partial charge on any atom is -0.490 e. The Balaban J connectivity index is 1.32. The Hall–Kier alpha value is -5.18. The van der Waals surface area contributed by atoms with E-state index in [2.05, 4.69) is 40.7 Å². The van der Waals surface area contributed by atoms with Gasteiger partial charge in [-0.05, 0) is 91.2 Å². The topological polar surface area (TPSA) is 176 Å². The van der Waals surface area contributed by atoms with Crippen molar-refractivity contribution >= 4 is 23.9 Å². The highest BCUT2D eigenvalue weighted by Crippen LogP contribution is 2.29. The van der Waals surface area contributed by atoms with Gasteiger partial charge in [0.15, 0.2) is 17.2 Å². The van der Waals surface area contributed by atoms with Gasteiger partial charge in [0.1, 0.15) is 11.5 Å². The molecule has 1 saturated heterocycles. The second-order valence-electron chi connectivity index (χ2n) is 8.99. The van der Waals surface area contributed by atoms with Crippen molar-refractivity contribution in [2.75, 3.05) is 25.4 Å². The molecule has 0 atom stereocenters. The third kappa shape index (κ3) is 6.36. The number of hydrogen-bond acceptors (Lipinski definition) is 12. The van der Waals surface area contributed by atoms with Crippen LogP contribution < -0.4 is 20.6 Å². The zero-order valence-corrected chi connectivity index (χ0v) is 22.0. The van der Waals surface area contributed by atoms with Crippen LogP contribution in [0.5, 0.6) is 11.5 Å². The Labute approximate surface area is 232 Å². The number of rotatable bonds is 10. The fraction of sp³-hybridized carbons (Fsp3) is 0.269. The number of amides is 1. The predicted molar refractivity (Wildman–Crippen MR) is 142 cm³/mol. The van der Waals surface area contributed by atoms with Crippen molar-refractivity contribution in [3.63, 3.8) is 0 Å². The van der Waals surface area contributed by atoms with Crippen LogP contribution in [0.2, 0.25) is 0 Å². The summed E-state index contributed by atoms with van der Waals surface area (Å²) in [5.74, 6) is -1.30. The van der Waals surface area contributed by atoms with Crippen LogP contribution in [-0.4, -0.2) is 68.0 Å². The molecule has 0 aliphatic carbocycles. The lowest BCUT2D eigenvalue weighted by molar-refractivity contribution is 0.0728. The van der Waals surface area contributed by atoms with Crippen LogP contribution in [-0.2, 0) is 6.54 Å². The summed E-state index contributed by atoms with van der Waals surface area (Å²) in [5, 5.41) is 19.6. The Morgan fingerprint density at radius 1 is 1.15 bits per heavy atom. The molecule has 212 valence electrons. The number of nitrogen functional groups attached to an aromatic ring is 1. The molecule has 4 aromatic rings. The number of nitrogens with two attached hydrogens (primary N) is 1. The van der Waals surface area contributed by atoms with Crippen LogP contribution >= 0.6 is 0 Å². The van der Waals surface area contributed by atoms with E-state index in [0.29, 0.717) is 24.4 Å². The number of esters is 1. The number of nitrogens with zero attached hydrogens (tertiary/aromatic N) is 7. The number of carbonyl (C=O) groups excluding carboxylic acids is 2. The van der Waals surface area contributed by atoms with E-state index in [9.17, 15) is 14.0 Å². The van der Waals surface area contributed by atoms with Gasteiger partial charge in [0.05, 0.1) is 18.4 Å². The van der Waals surface area contributed by atoms with Crippen molar-refractivity contribution in [1.29, 1.82) is 0 Å². The quantitative estimate of drug-likeness (QED) is 0.125. The minimum atomic E-state index is -0.669. The minimum absolute atomic E-state index is 0.0337. The summed E-state index contributed by atoms with van der Waals surface area (Å²) in [7, 11) is 0. The zero-order valence-electron chi connectivity index (χ0n) is 22.0. The number of hydrogen-bond donors (Lipinski definition) is 2. The molecule has 41 heavy (non-hydrogen) atoms. The average molecular weight is 564 g/mol. The van der Waals surface area contributed by atoms with Gasteiger partial charge in [-0.2, -0.15) is 9.78 Å². The number of likely N-dealkylation sites (tertiary alicyclic amines) is 1. The molecule has 1 fully saturated rings. The zero-order chi connectivity index (χ0) is 28.8. The first-order valence-corrected chi connectivity index (χ1v) is 12.8. The van der Waals surface area contributed by atoms with Gasteiger partial charge in [0.25, 0.3) is 5.91 Å². The van der Waals surface area contributed by atoms with E-state index in [1.54, 1.807) is 19.1 Å². The normalized spacial score (nSPS) is 13.5. The Kier molecular flexibility index (Phi) is 8.24. The van der Waals surface area contributed by atoms with E-state index in [1.165, 1.54) is 41.2 Å². The Morgan fingerprint density at radius 2 is 1.93 bits per heavy atom. The molecule has 0 bridgehead atoms. The van der Waals surface area contributed by atoms with Crippen molar-refractivity contribution in [1.82, 2.24) is 35.6 Å². The molecule has 2 aromatic heterocycles. The highest BCUT2D eigenvalue weighted by molar-refractivity contribution is 5.95. The molecule has 15 heteroatoms. The molecule has 1 amide bonds. The van der Waals surface area contributed by atoms with Gasteiger partial charge < -0.3 is 15.2 Å². The van der Waals surface area contributed by atoms with Crippen LogP contribution in [0.1, 0.15) is 51.9 Å². The van der Waals surface area contributed by atoms with Crippen LogP contribution in [0.15, 0.2) is 52.2 Å². The number of hydrazone groups is 1. The number of anilines is 1. The molecular formula is C26H26FN9O5. The maximum absolute atomic E-state index is 13.2. The number of carbonyl (C=O) groups is 2. The van der Waals surface area contributed by atoms with Crippen molar-refractivity contribution in [2.24, 2.45) is 5.10 Å². The van der Waals surface area contributed by atoms with Crippen LogP contribution in [0, 0.1) is 5.82 Å². The maximum Gasteiger partial charge on any atom is 0.343 e. The maximum atomic E-state index is 13.2. The van der Waals surface area contributed by atoms with Gasteiger partial charge >= 0.3 is 5.97 Å². The fourth-order valence-electron chi connectivity index (χ4n) is 4.21. The summed E-state index contributed by atoms with van der Waals surface area (Å²) in [6.07, 6.45) is 3.52. The second-order valence-corrected chi connectivity index (χ2v) is 8.99. The van der Waals surface area contributed by atoms with Gasteiger partial charge in [-0.15, -0.1) is 5.10 Å². The highest BCUT2D eigenvalue weighted by atomic mass is 19.1. The summed E-state index contributed by atoms with van der Waals surface area (Å²) in [6, 6.07) is 9.74. The van der Waals surface area contributed by atoms with Crippen molar-refractivity contribution in [3.05, 3.63) is 70.8 Å². The van der Waals surface area contributed by atoms with Gasteiger partial charge in [-0.25, -0.2) is 19.2 Å². The van der Waals surface area contributed by atoms with E-state index in [1.807, 2.05) is 0 Å². The average Bonchev–Trinajstić information content (AvgIpc) is 3.72. The highest BCUT2D eigenvalue weighted by Gasteiger charge is 2.27. The lowest BCUT2D eigenvalue weighted by atomic mass is 10.2. The van der Waals surface area contributed by atoms with Crippen molar-refractivity contribution in [3.8, 4) is 17.3 Å². The van der Waals surface area contributed by atoms with Crippen molar-refractivity contribution < 1.29 is 28.1 Å². The SMILES string of the molecule is CCOc1cc(/C=N/NC(=O)c2c(CN3CCCC3)nnn2-c2nonc2N)ccc1OC(=O)c1ccc(F)cc1. The number of benzene rings is 2. The third-order valence-corrected chi connectivity index (χ3v) is 6.15. The van der Waals surface area contributed by atoms with E-state index >= 15 is 0 Å². The number of nitrogens with one attached hydrogen (secondary N) is 1. The Bertz CT molecular complexity index is 1560. The van der Waals surface area contributed by atoms with Crippen LogP contribution in [0.3, 0.4) is 0 Å². The number of aromatic nitrogens is 5. The van der Waals surface area contributed by atoms with Gasteiger partial charge in [-0.3, -0.25) is 9.69 Å². The van der Waals surface area contributed by atoms with E-state index < -0.39 is 17.7 Å². The molecule has 2 aromatic carbocycles. The summed E-state index contributed by atoms with van der Waals surface area (Å²) >= 11 is 0. The van der Waals surface area contributed by atoms with Gasteiger partial charge in [0.2, 0.25) is 11.6 Å². The summed E-state index contributed by atoms with van der Waals surface area (Å²) < 4.78 is 30.1.